The van der Waals surface area contributed by atoms with Crippen LogP contribution < -0.4 is 20.3 Å². The number of anilines is 1. The highest BCUT2D eigenvalue weighted by Gasteiger charge is 2.24. The van der Waals surface area contributed by atoms with Crippen molar-refractivity contribution in [1.82, 2.24) is 10.2 Å². The molecule has 0 aliphatic heterocycles. The maximum atomic E-state index is 13.7. The van der Waals surface area contributed by atoms with Crippen molar-refractivity contribution in [3.05, 3.63) is 82.9 Å². The number of para-hydroxylation sites is 1. The summed E-state index contributed by atoms with van der Waals surface area (Å²) in [4.78, 5) is 17.4. The number of halogens is 1. The number of carbonyl (C=O) groups is 1. The Morgan fingerprint density at radius 3 is 2.54 bits per heavy atom. The molecule has 0 aliphatic rings. The van der Waals surface area contributed by atoms with Gasteiger partial charge in [-0.1, -0.05) is 55.3 Å². The Bertz CT molecular complexity index is 1250. The minimum absolute atomic E-state index is 0.0335. The van der Waals surface area contributed by atoms with E-state index >= 15 is 0 Å². The Kier molecular flexibility index (Phi) is 9.50. The fraction of sp³-hybridized carbons (Fsp3) is 0.240. The van der Waals surface area contributed by atoms with Crippen LogP contribution >= 0.6 is 11.6 Å². The molecule has 0 aliphatic carbocycles. The molecule has 10 heteroatoms. The summed E-state index contributed by atoms with van der Waals surface area (Å²) in [7, 11) is -2.30. The molecule has 3 rings (SSSR count). The van der Waals surface area contributed by atoms with Crippen molar-refractivity contribution >= 4 is 33.1 Å². The SMILES string of the molecule is CCCCNc1cc(C(=O)NOC)cc(S(=N)(=O)NCc2cccc(Cl)c2)c1Oc1ccccc1. The highest BCUT2D eigenvalue weighted by molar-refractivity contribution is 7.90. The number of nitrogens with one attached hydrogen (secondary N) is 4. The van der Waals surface area contributed by atoms with Crippen LogP contribution in [0.2, 0.25) is 5.02 Å². The van der Waals surface area contributed by atoms with Crippen molar-refractivity contribution in [2.75, 3.05) is 19.0 Å². The zero-order valence-electron chi connectivity index (χ0n) is 19.6. The van der Waals surface area contributed by atoms with Crippen LogP contribution in [0.3, 0.4) is 0 Å². The number of rotatable bonds is 12. The van der Waals surface area contributed by atoms with Gasteiger partial charge in [0.25, 0.3) is 5.91 Å². The first-order valence-corrected chi connectivity index (χ1v) is 13.0. The molecule has 3 aromatic carbocycles. The molecule has 35 heavy (non-hydrogen) atoms. The van der Waals surface area contributed by atoms with Crippen LogP contribution in [-0.4, -0.2) is 23.8 Å². The fourth-order valence-corrected chi connectivity index (χ4v) is 4.69. The molecule has 0 radical (unpaired) electrons. The standard InChI is InChI=1S/C25H29ClN4O4S/c1-3-4-13-28-22-15-19(25(31)30-33-2)16-23(24(22)34-21-11-6-5-7-12-21)35(27,32)29-17-18-9-8-10-20(26)14-18/h5-12,14-16,28H,3-4,13,17H2,1-2H3,(H,30,31)(H2,27,29,32). The summed E-state index contributed by atoms with van der Waals surface area (Å²) in [6, 6.07) is 19.0. The highest BCUT2D eigenvalue weighted by Crippen LogP contribution is 2.38. The third kappa shape index (κ3) is 7.43. The lowest BCUT2D eigenvalue weighted by Crippen LogP contribution is -2.25. The zero-order chi connectivity index (χ0) is 25.3. The summed E-state index contributed by atoms with van der Waals surface area (Å²) in [5, 5.41) is 3.80. The van der Waals surface area contributed by atoms with E-state index < -0.39 is 15.8 Å². The Morgan fingerprint density at radius 1 is 1.09 bits per heavy atom. The van der Waals surface area contributed by atoms with Crippen LogP contribution in [0.15, 0.2) is 71.6 Å². The normalized spacial score (nSPS) is 12.5. The lowest BCUT2D eigenvalue weighted by atomic mass is 10.1. The van der Waals surface area contributed by atoms with Gasteiger partial charge in [-0.05, 0) is 48.4 Å². The van der Waals surface area contributed by atoms with Crippen molar-refractivity contribution in [2.24, 2.45) is 0 Å². The van der Waals surface area contributed by atoms with Crippen molar-refractivity contribution < 1.29 is 18.6 Å². The predicted molar refractivity (Wildman–Crippen MR) is 138 cm³/mol. The van der Waals surface area contributed by atoms with E-state index in [4.69, 9.17) is 26.0 Å². The number of carbonyl (C=O) groups excluding carboxylic acids is 1. The van der Waals surface area contributed by atoms with Gasteiger partial charge in [0.05, 0.1) is 12.8 Å². The van der Waals surface area contributed by atoms with Gasteiger partial charge >= 0.3 is 0 Å². The number of unbranched alkanes of at least 4 members (excludes halogenated alkanes) is 1. The van der Waals surface area contributed by atoms with Crippen LogP contribution in [0.25, 0.3) is 0 Å². The molecule has 186 valence electrons. The maximum absolute atomic E-state index is 13.7. The van der Waals surface area contributed by atoms with Crippen molar-refractivity contribution in [3.8, 4) is 11.5 Å². The molecule has 0 spiro atoms. The van der Waals surface area contributed by atoms with Gasteiger partial charge in [-0.2, -0.15) is 0 Å². The van der Waals surface area contributed by atoms with E-state index in [9.17, 15) is 9.00 Å². The van der Waals surface area contributed by atoms with Crippen LogP contribution in [0.4, 0.5) is 5.69 Å². The van der Waals surface area contributed by atoms with Gasteiger partial charge in [0.1, 0.15) is 20.6 Å². The molecule has 0 heterocycles. The number of ether oxygens (including phenoxy) is 1. The van der Waals surface area contributed by atoms with Gasteiger partial charge in [-0.15, -0.1) is 0 Å². The smallest absolute Gasteiger partial charge is 0.274 e. The summed E-state index contributed by atoms with van der Waals surface area (Å²) in [5.74, 6) is 0.176. The first-order chi connectivity index (χ1) is 16.8. The Labute approximate surface area is 211 Å². The van der Waals surface area contributed by atoms with E-state index in [0.717, 1.165) is 18.4 Å². The highest BCUT2D eigenvalue weighted by atomic mass is 35.5. The van der Waals surface area contributed by atoms with Crippen LogP contribution in [0.5, 0.6) is 11.5 Å². The minimum Gasteiger partial charge on any atom is -0.454 e. The van der Waals surface area contributed by atoms with E-state index in [1.807, 2.05) is 24.3 Å². The van der Waals surface area contributed by atoms with Gasteiger partial charge in [-0.3, -0.25) is 9.63 Å². The molecule has 3 aromatic rings. The van der Waals surface area contributed by atoms with E-state index in [1.165, 1.54) is 13.2 Å². The second-order valence-electron chi connectivity index (χ2n) is 7.69. The van der Waals surface area contributed by atoms with Crippen molar-refractivity contribution in [1.29, 1.82) is 4.78 Å². The molecular formula is C25H29ClN4O4S. The lowest BCUT2D eigenvalue weighted by Gasteiger charge is -2.20. The predicted octanol–water partition coefficient (Wildman–Crippen LogP) is 5.75. The minimum atomic E-state index is -3.63. The molecule has 1 amide bonds. The van der Waals surface area contributed by atoms with E-state index in [2.05, 4.69) is 22.4 Å². The summed E-state index contributed by atoms with van der Waals surface area (Å²) in [6.45, 7) is 2.79. The van der Waals surface area contributed by atoms with E-state index in [0.29, 0.717) is 23.0 Å². The number of hydrogen-bond donors (Lipinski definition) is 4. The number of hydroxylamine groups is 1. The van der Waals surface area contributed by atoms with Crippen LogP contribution in [0, 0.1) is 4.78 Å². The second-order valence-corrected chi connectivity index (χ2v) is 9.97. The number of hydrogen-bond acceptors (Lipinski definition) is 6. The first kappa shape index (κ1) is 26.5. The third-order valence-electron chi connectivity index (χ3n) is 5.00. The van der Waals surface area contributed by atoms with E-state index in [1.54, 1.807) is 36.4 Å². The summed E-state index contributed by atoms with van der Waals surface area (Å²) in [5.41, 5.74) is 3.65. The molecule has 4 N–H and O–H groups in total. The average molecular weight is 517 g/mol. The summed E-state index contributed by atoms with van der Waals surface area (Å²) >= 11 is 6.06. The molecule has 1 unspecified atom stereocenters. The second kappa shape index (κ2) is 12.6. The molecule has 1 atom stereocenters. The first-order valence-electron chi connectivity index (χ1n) is 11.1. The van der Waals surface area contributed by atoms with Gasteiger partial charge in [0.15, 0.2) is 5.75 Å². The largest absolute Gasteiger partial charge is 0.454 e. The fourth-order valence-electron chi connectivity index (χ4n) is 3.25. The van der Waals surface area contributed by atoms with Crippen LogP contribution in [0.1, 0.15) is 35.7 Å². The molecule has 0 fully saturated rings. The van der Waals surface area contributed by atoms with Gasteiger partial charge in [0.2, 0.25) is 0 Å². The molecule has 0 saturated carbocycles. The Hall–Kier alpha value is -3.11. The van der Waals surface area contributed by atoms with Gasteiger partial charge < -0.3 is 10.1 Å². The van der Waals surface area contributed by atoms with E-state index in [-0.39, 0.29) is 22.8 Å². The quantitative estimate of drug-likeness (QED) is 0.181. The summed E-state index contributed by atoms with van der Waals surface area (Å²) in [6.07, 6.45) is 1.83. The molecule has 0 saturated heterocycles. The zero-order valence-corrected chi connectivity index (χ0v) is 21.2. The number of amides is 1. The Balaban J connectivity index is 2.08. The molecular weight excluding hydrogens is 488 g/mol. The van der Waals surface area contributed by atoms with Gasteiger partial charge in [0, 0.05) is 23.7 Å². The Morgan fingerprint density at radius 2 is 1.86 bits per heavy atom. The monoisotopic (exact) mass is 516 g/mol. The average Bonchev–Trinajstić information content (AvgIpc) is 2.84. The van der Waals surface area contributed by atoms with Crippen molar-refractivity contribution in [2.45, 2.75) is 31.2 Å². The third-order valence-corrected chi connectivity index (χ3v) is 6.71. The molecule has 0 bridgehead atoms. The summed E-state index contributed by atoms with van der Waals surface area (Å²) < 4.78 is 31.4. The lowest BCUT2D eigenvalue weighted by molar-refractivity contribution is 0.0537. The molecule has 8 nitrogen and oxygen atoms in total. The topological polar surface area (TPSA) is 113 Å². The number of benzene rings is 3. The van der Waals surface area contributed by atoms with Crippen LogP contribution in [-0.2, 0) is 21.3 Å². The van der Waals surface area contributed by atoms with Crippen molar-refractivity contribution in [3.63, 3.8) is 0 Å². The maximum Gasteiger partial charge on any atom is 0.274 e. The van der Waals surface area contributed by atoms with Gasteiger partial charge in [-0.25, -0.2) is 19.2 Å². The molecule has 0 aromatic heterocycles.